The number of carbonyl (C=O) groups excluding carboxylic acids is 1. The standard InChI is InChI=1S/C16H19BrClN7O/c1-4-23-8-12(18)14(22-23)7-19-16(26)13-5-6-24(21-13)9-25-11(3)15(17)10(2)20-25/h5-6,8H,4,7,9H2,1-3H3,(H,19,26). The number of carbonyl (C=O) groups is 1. The lowest BCUT2D eigenvalue weighted by Gasteiger charge is -2.05. The van der Waals surface area contributed by atoms with Gasteiger partial charge in [-0.3, -0.25) is 14.2 Å². The summed E-state index contributed by atoms with van der Waals surface area (Å²) in [4.78, 5) is 12.3. The molecule has 0 saturated carbocycles. The molecule has 1 N–H and O–H groups in total. The van der Waals surface area contributed by atoms with Gasteiger partial charge in [0.1, 0.15) is 18.1 Å². The molecule has 0 bridgehead atoms. The fourth-order valence-electron chi connectivity index (χ4n) is 2.48. The average molecular weight is 441 g/mol. The Morgan fingerprint density at radius 1 is 1.27 bits per heavy atom. The summed E-state index contributed by atoms with van der Waals surface area (Å²) in [5.41, 5.74) is 2.88. The zero-order valence-corrected chi connectivity index (χ0v) is 17.0. The number of hydrogen-bond donors (Lipinski definition) is 1. The minimum absolute atomic E-state index is 0.252. The summed E-state index contributed by atoms with van der Waals surface area (Å²) in [6, 6.07) is 1.67. The number of hydrogen-bond acceptors (Lipinski definition) is 4. The lowest BCUT2D eigenvalue weighted by atomic mass is 10.4. The smallest absolute Gasteiger partial charge is 0.272 e. The van der Waals surface area contributed by atoms with Crippen LogP contribution in [0.2, 0.25) is 5.02 Å². The Bertz CT molecular complexity index is 943. The first-order chi connectivity index (χ1) is 12.4. The normalized spacial score (nSPS) is 11.1. The topological polar surface area (TPSA) is 82.6 Å². The zero-order chi connectivity index (χ0) is 18.8. The maximum Gasteiger partial charge on any atom is 0.272 e. The number of amides is 1. The summed E-state index contributed by atoms with van der Waals surface area (Å²) >= 11 is 9.61. The number of nitrogens with one attached hydrogen (secondary N) is 1. The third-order valence-electron chi connectivity index (χ3n) is 3.97. The van der Waals surface area contributed by atoms with Gasteiger partial charge < -0.3 is 5.32 Å². The molecule has 138 valence electrons. The zero-order valence-electron chi connectivity index (χ0n) is 14.7. The Hall–Kier alpha value is -2.13. The first-order valence-electron chi connectivity index (χ1n) is 8.12. The molecule has 3 rings (SSSR count). The van der Waals surface area contributed by atoms with Crippen LogP contribution in [0.1, 0.15) is 34.5 Å². The molecule has 0 aliphatic carbocycles. The molecule has 0 saturated heterocycles. The highest BCUT2D eigenvalue weighted by molar-refractivity contribution is 9.10. The molecule has 0 aliphatic rings. The van der Waals surface area contributed by atoms with Gasteiger partial charge >= 0.3 is 0 Å². The third-order valence-corrected chi connectivity index (χ3v) is 5.44. The van der Waals surface area contributed by atoms with E-state index in [4.69, 9.17) is 11.6 Å². The lowest BCUT2D eigenvalue weighted by molar-refractivity contribution is 0.0944. The molecule has 0 unspecified atom stereocenters. The minimum atomic E-state index is -0.277. The highest BCUT2D eigenvalue weighted by atomic mass is 79.9. The molecule has 3 heterocycles. The maximum atomic E-state index is 12.3. The van der Waals surface area contributed by atoms with Crippen LogP contribution in [-0.2, 0) is 19.8 Å². The molecular weight excluding hydrogens is 422 g/mol. The van der Waals surface area contributed by atoms with Crippen molar-refractivity contribution in [3.63, 3.8) is 0 Å². The molecule has 0 spiro atoms. The fraction of sp³-hybridized carbons (Fsp3) is 0.375. The van der Waals surface area contributed by atoms with Crippen LogP contribution in [0.4, 0.5) is 0 Å². The highest BCUT2D eigenvalue weighted by Gasteiger charge is 2.14. The molecule has 0 atom stereocenters. The summed E-state index contributed by atoms with van der Waals surface area (Å²) in [5.74, 6) is -0.277. The minimum Gasteiger partial charge on any atom is -0.345 e. The Balaban J connectivity index is 1.64. The SMILES string of the molecule is CCn1cc(Cl)c(CNC(=O)c2ccn(Cn3nc(C)c(Br)c3C)n2)n1. The van der Waals surface area contributed by atoms with E-state index in [1.54, 1.807) is 27.8 Å². The summed E-state index contributed by atoms with van der Waals surface area (Å²) in [5, 5.41) is 16.4. The van der Waals surface area contributed by atoms with Crippen LogP contribution in [0, 0.1) is 13.8 Å². The largest absolute Gasteiger partial charge is 0.345 e. The summed E-state index contributed by atoms with van der Waals surface area (Å²) in [6.07, 6.45) is 3.49. The Kier molecular flexibility index (Phi) is 5.47. The van der Waals surface area contributed by atoms with Crippen molar-refractivity contribution in [3.8, 4) is 0 Å². The van der Waals surface area contributed by atoms with Crippen molar-refractivity contribution in [2.24, 2.45) is 0 Å². The van der Waals surface area contributed by atoms with Crippen LogP contribution in [-0.4, -0.2) is 35.2 Å². The molecular formula is C16H19BrClN7O. The molecule has 0 aliphatic heterocycles. The first kappa shape index (κ1) is 18.7. The van der Waals surface area contributed by atoms with Crippen LogP contribution in [0.5, 0.6) is 0 Å². The van der Waals surface area contributed by atoms with E-state index < -0.39 is 0 Å². The van der Waals surface area contributed by atoms with E-state index in [-0.39, 0.29) is 12.5 Å². The van der Waals surface area contributed by atoms with E-state index >= 15 is 0 Å². The van der Waals surface area contributed by atoms with Crippen molar-refractivity contribution < 1.29 is 4.79 Å². The third kappa shape index (κ3) is 3.83. The van der Waals surface area contributed by atoms with Crippen LogP contribution in [0.15, 0.2) is 22.9 Å². The number of aryl methyl sites for hydroxylation is 2. The number of nitrogens with zero attached hydrogens (tertiary/aromatic N) is 6. The van der Waals surface area contributed by atoms with Gasteiger partial charge in [-0.25, -0.2) is 4.68 Å². The van der Waals surface area contributed by atoms with Crippen LogP contribution in [0.3, 0.4) is 0 Å². The Labute approximate surface area is 164 Å². The predicted octanol–water partition coefficient (Wildman–Crippen LogP) is 2.76. The van der Waals surface area contributed by atoms with Gasteiger partial charge in [-0.05, 0) is 42.8 Å². The second kappa shape index (κ2) is 7.63. The van der Waals surface area contributed by atoms with Crippen LogP contribution in [0.25, 0.3) is 0 Å². The summed E-state index contributed by atoms with van der Waals surface area (Å²) < 4.78 is 6.20. The van der Waals surface area contributed by atoms with E-state index in [0.717, 1.165) is 22.4 Å². The fourth-order valence-corrected chi connectivity index (χ4v) is 2.99. The monoisotopic (exact) mass is 439 g/mol. The molecule has 8 nitrogen and oxygen atoms in total. The molecule has 0 aromatic carbocycles. The summed E-state index contributed by atoms with van der Waals surface area (Å²) in [7, 11) is 0. The Morgan fingerprint density at radius 3 is 2.65 bits per heavy atom. The van der Waals surface area contributed by atoms with Crippen molar-refractivity contribution in [1.29, 1.82) is 0 Å². The number of halogens is 2. The van der Waals surface area contributed by atoms with E-state index in [0.29, 0.717) is 23.1 Å². The van der Waals surface area contributed by atoms with Crippen molar-refractivity contribution in [3.05, 3.63) is 50.7 Å². The second-order valence-corrected chi connectivity index (χ2v) is 7.03. The highest BCUT2D eigenvalue weighted by Crippen LogP contribution is 2.19. The van der Waals surface area contributed by atoms with Gasteiger partial charge in [0.05, 0.1) is 27.4 Å². The molecule has 3 aromatic rings. The van der Waals surface area contributed by atoms with Gasteiger partial charge in [0, 0.05) is 18.9 Å². The van der Waals surface area contributed by atoms with Crippen molar-refractivity contribution in [1.82, 2.24) is 34.7 Å². The maximum absolute atomic E-state index is 12.3. The van der Waals surface area contributed by atoms with Crippen LogP contribution >= 0.6 is 27.5 Å². The molecule has 0 fully saturated rings. The second-order valence-electron chi connectivity index (χ2n) is 5.83. The molecule has 10 heteroatoms. The number of rotatable bonds is 6. The molecule has 26 heavy (non-hydrogen) atoms. The quantitative estimate of drug-likeness (QED) is 0.639. The molecule has 1 amide bonds. The van der Waals surface area contributed by atoms with Crippen LogP contribution < -0.4 is 5.32 Å². The van der Waals surface area contributed by atoms with Crippen molar-refractivity contribution >= 4 is 33.4 Å². The van der Waals surface area contributed by atoms with Crippen molar-refractivity contribution in [2.45, 2.75) is 40.5 Å². The average Bonchev–Trinajstić information content (AvgIpc) is 3.29. The van der Waals surface area contributed by atoms with Gasteiger partial charge in [-0.2, -0.15) is 15.3 Å². The predicted molar refractivity (Wildman–Crippen MR) is 101 cm³/mol. The lowest BCUT2D eigenvalue weighted by Crippen LogP contribution is -2.24. The van der Waals surface area contributed by atoms with Gasteiger partial charge in [-0.15, -0.1) is 0 Å². The van der Waals surface area contributed by atoms with Gasteiger partial charge in [0.25, 0.3) is 5.91 Å². The number of aromatic nitrogens is 6. The van der Waals surface area contributed by atoms with E-state index in [1.165, 1.54) is 0 Å². The first-order valence-corrected chi connectivity index (χ1v) is 9.29. The van der Waals surface area contributed by atoms with Gasteiger partial charge in [0.15, 0.2) is 0 Å². The van der Waals surface area contributed by atoms with Crippen molar-refractivity contribution in [2.75, 3.05) is 0 Å². The van der Waals surface area contributed by atoms with Gasteiger partial charge in [0.2, 0.25) is 0 Å². The molecule has 0 radical (unpaired) electrons. The van der Waals surface area contributed by atoms with E-state index in [1.807, 2.05) is 25.5 Å². The van der Waals surface area contributed by atoms with E-state index in [2.05, 4.69) is 36.5 Å². The van der Waals surface area contributed by atoms with E-state index in [9.17, 15) is 4.79 Å². The Morgan fingerprint density at radius 2 is 2.04 bits per heavy atom. The van der Waals surface area contributed by atoms with Gasteiger partial charge in [-0.1, -0.05) is 11.6 Å². The molecule has 3 aromatic heterocycles. The summed E-state index contributed by atoms with van der Waals surface area (Å²) in [6.45, 7) is 7.28.